The van der Waals surface area contributed by atoms with E-state index in [-0.39, 0.29) is 0 Å². The third-order valence-electron chi connectivity index (χ3n) is 1.53. The maximum absolute atomic E-state index is 12.3. The first-order valence-corrected chi connectivity index (χ1v) is 4.55. The molecule has 0 spiro atoms. The summed E-state index contributed by atoms with van der Waals surface area (Å²) in [4.78, 5) is 17.4. The zero-order valence-corrected chi connectivity index (χ0v) is 9.39. The van der Waals surface area contributed by atoms with Crippen molar-refractivity contribution in [2.45, 2.75) is 6.18 Å². The van der Waals surface area contributed by atoms with E-state index < -0.39 is 34.0 Å². The van der Waals surface area contributed by atoms with E-state index in [2.05, 4.69) is 30.6 Å². The fourth-order valence-corrected chi connectivity index (χ4v) is 1.35. The highest BCUT2D eigenvalue weighted by molar-refractivity contribution is 9.10. The van der Waals surface area contributed by atoms with Crippen LogP contribution in [-0.4, -0.2) is 23.0 Å². The molecule has 0 unspecified atom stereocenters. The SMILES string of the molecule is COC(=O)c1nc(Br)c(C(F)(F)F)nc1N. The molecule has 0 saturated carbocycles. The number of methoxy groups -OCH3 is 1. The lowest BCUT2D eigenvalue weighted by Crippen LogP contribution is -2.17. The second kappa shape index (κ2) is 4.24. The Bertz CT molecular complexity index is 436. The summed E-state index contributed by atoms with van der Waals surface area (Å²) in [6.07, 6.45) is -4.70. The number of alkyl halides is 3. The Kier molecular flexibility index (Phi) is 3.36. The van der Waals surface area contributed by atoms with E-state index in [4.69, 9.17) is 5.73 Å². The maximum atomic E-state index is 12.3. The number of nitrogen functional groups attached to an aromatic ring is 1. The zero-order chi connectivity index (χ0) is 12.5. The van der Waals surface area contributed by atoms with Gasteiger partial charge in [-0.2, -0.15) is 13.2 Å². The van der Waals surface area contributed by atoms with Crippen molar-refractivity contribution < 1.29 is 22.7 Å². The molecule has 0 fully saturated rings. The quantitative estimate of drug-likeness (QED) is 0.797. The molecule has 2 N–H and O–H groups in total. The molecule has 1 heterocycles. The number of rotatable bonds is 1. The van der Waals surface area contributed by atoms with Crippen LogP contribution in [0.3, 0.4) is 0 Å². The van der Waals surface area contributed by atoms with Gasteiger partial charge in [0.25, 0.3) is 0 Å². The van der Waals surface area contributed by atoms with Crippen LogP contribution in [0.5, 0.6) is 0 Å². The van der Waals surface area contributed by atoms with Crippen molar-refractivity contribution in [2.24, 2.45) is 0 Å². The van der Waals surface area contributed by atoms with E-state index in [0.29, 0.717) is 0 Å². The van der Waals surface area contributed by atoms with E-state index >= 15 is 0 Å². The van der Waals surface area contributed by atoms with Gasteiger partial charge in [-0.1, -0.05) is 0 Å². The second-order valence-electron chi connectivity index (χ2n) is 2.59. The first-order chi connectivity index (χ1) is 7.27. The fourth-order valence-electron chi connectivity index (χ4n) is 0.855. The van der Waals surface area contributed by atoms with Gasteiger partial charge in [-0.15, -0.1) is 0 Å². The molecular formula is C7H5BrF3N3O2. The number of hydrogen-bond acceptors (Lipinski definition) is 5. The zero-order valence-electron chi connectivity index (χ0n) is 7.80. The third-order valence-corrected chi connectivity index (χ3v) is 2.08. The lowest BCUT2D eigenvalue weighted by Gasteiger charge is -2.09. The highest BCUT2D eigenvalue weighted by Gasteiger charge is 2.37. The molecule has 1 aromatic heterocycles. The molecule has 1 aromatic rings. The number of carbonyl (C=O) groups is 1. The van der Waals surface area contributed by atoms with E-state index in [1.807, 2.05) is 0 Å². The molecule has 0 amide bonds. The standard InChI is InChI=1S/C7H5BrF3N3O2/c1-16-6(15)2-5(12)14-3(4(8)13-2)7(9,10)11/h1H3,(H2,12,14). The van der Waals surface area contributed by atoms with E-state index in [1.54, 1.807) is 0 Å². The summed E-state index contributed by atoms with van der Waals surface area (Å²) in [6, 6.07) is 0. The summed E-state index contributed by atoms with van der Waals surface area (Å²) in [5.41, 5.74) is 3.40. The van der Waals surface area contributed by atoms with Gasteiger partial charge in [-0.05, 0) is 15.9 Å². The molecule has 88 valence electrons. The Hall–Kier alpha value is -1.38. The van der Waals surface area contributed by atoms with Gasteiger partial charge in [0.1, 0.15) is 4.60 Å². The number of ether oxygens (including phenoxy) is 1. The summed E-state index contributed by atoms with van der Waals surface area (Å²) in [6.45, 7) is 0. The molecule has 0 aromatic carbocycles. The van der Waals surface area contributed by atoms with Crippen LogP contribution in [0.4, 0.5) is 19.0 Å². The molecular weight excluding hydrogens is 295 g/mol. The first-order valence-electron chi connectivity index (χ1n) is 3.76. The highest BCUT2D eigenvalue weighted by Crippen LogP contribution is 2.33. The van der Waals surface area contributed by atoms with Crippen LogP contribution in [0.1, 0.15) is 16.2 Å². The van der Waals surface area contributed by atoms with Crippen LogP contribution in [-0.2, 0) is 10.9 Å². The maximum Gasteiger partial charge on any atom is 0.436 e. The average Bonchev–Trinajstić information content (AvgIpc) is 2.18. The van der Waals surface area contributed by atoms with Crippen molar-refractivity contribution in [3.05, 3.63) is 16.0 Å². The number of carbonyl (C=O) groups excluding carboxylic acids is 1. The van der Waals surface area contributed by atoms with Gasteiger partial charge in [0.05, 0.1) is 7.11 Å². The summed E-state index contributed by atoms with van der Waals surface area (Å²) < 4.78 is 40.7. The number of nitrogens with two attached hydrogens (primary N) is 1. The van der Waals surface area contributed by atoms with Crippen molar-refractivity contribution in [1.82, 2.24) is 9.97 Å². The van der Waals surface area contributed by atoms with Crippen LogP contribution >= 0.6 is 15.9 Å². The molecule has 0 radical (unpaired) electrons. The van der Waals surface area contributed by atoms with Crippen molar-refractivity contribution in [3.63, 3.8) is 0 Å². The molecule has 0 aliphatic rings. The van der Waals surface area contributed by atoms with E-state index in [0.717, 1.165) is 7.11 Å². The number of nitrogens with zero attached hydrogens (tertiary/aromatic N) is 2. The minimum absolute atomic E-state index is 0.470. The van der Waals surface area contributed by atoms with Crippen LogP contribution < -0.4 is 5.73 Å². The smallest absolute Gasteiger partial charge is 0.436 e. The third kappa shape index (κ3) is 2.40. The van der Waals surface area contributed by atoms with E-state index in [1.165, 1.54) is 0 Å². The van der Waals surface area contributed by atoms with Crippen LogP contribution in [0.15, 0.2) is 4.60 Å². The molecule has 0 saturated heterocycles. The number of hydrogen-bond donors (Lipinski definition) is 1. The number of aromatic nitrogens is 2. The Morgan fingerprint density at radius 2 is 2.00 bits per heavy atom. The number of esters is 1. The molecule has 16 heavy (non-hydrogen) atoms. The van der Waals surface area contributed by atoms with Gasteiger partial charge >= 0.3 is 12.1 Å². The minimum atomic E-state index is -4.70. The van der Waals surface area contributed by atoms with Crippen LogP contribution in [0.2, 0.25) is 0 Å². The topological polar surface area (TPSA) is 78.1 Å². The Labute approximate surface area is 95.9 Å². The van der Waals surface area contributed by atoms with Crippen LogP contribution in [0.25, 0.3) is 0 Å². The lowest BCUT2D eigenvalue weighted by atomic mass is 10.3. The normalized spacial score (nSPS) is 11.3. The van der Waals surface area contributed by atoms with Gasteiger partial charge in [0.15, 0.2) is 17.2 Å². The van der Waals surface area contributed by atoms with Crippen molar-refractivity contribution in [3.8, 4) is 0 Å². The van der Waals surface area contributed by atoms with Gasteiger partial charge < -0.3 is 10.5 Å². The molecule has 0 atom stereocenters. The summed E-state index contributed by atoms with van der Waals surface area (Å²) in [7, 11) is 1.05. The molecule has 0 bridgehead atoms. The lowest BCUT2D eigenvalue weighted by molar-refractivity contribution is -0.142. The van der Waals surface area contributed by atoms with Gasteiger partial charge in [0, 0.05) is 0 Å². The monoisotopic (exact) mass is 299 g/mol. The molecule has 0 aliphatic carbocycles. The first kappa shape index (κ1) is 12.7. The Balaban J connectivity index is 3.33. The largest absolute Gasteiger partial charge is 0.464 e. The number of halogens is 4. The van der Waals surface area contributed by atoms with Gasteiger partial charge in [0.2, 0.25) is 0 Å². The summed E-state index contributed by atoms with van der Waals surface area (Å²) >= 11 is 2.56. The molecule has 5 nitrogen and oxygen atoms in total. The molecule has 1 rings (SSSR count). The average molecular weight is 300 g/mol. The second-order valence-corrected chi connectivity index (χ2v) is 3.34. The summed E-state index contributed by atoms with van der Waals surface area (Å²) in [5.74, 6) is -1.60. The Morgan fingerprint density at radius 1 is 1.44 bits per heavy atom. The predicted octanol–water partition coefficient (Wildman–Crippen LogP) is 1.63. The van der Waals surface area contributed by atoms with Gasteiger partial charge in [-0.25, -0.2) is 14.8 Å². The number of anilines is 1. The molecule has 9 heteroatoms. The van der Waals surface area contributed by atoms with Gasteiger partial charge in [-0.3, -0.25) is 0 Å². The van der Waals surface area contributed by atoms with Crippen molar-refractivity contribution in [1.29, 1.82) is 0 Å². The molecule has 0 aliphatic heterocycles. The van der Waals surface area contributed by atoms with Crippen molar-refractivity contribution in [2.75, 3.05) is 12.8 Å². The fraction of sp³-hybridized carbons (Fsp3) is 0.286. The highest BCUT2D eigenvalue weighted by atomic mass is 79.9. The predicted molar refractivity (Wildman–Crippen MR) is 50.5 cm³/mol. The van der Waals surface area contributed by atoms with Crippen LogP contribution in [0, 0.1) is 0 Å². The minimum Gasteiger partial charge on any atom is -0.464 e. The Morgan fingerprint density at radius 3 is 2.44 bits per heavy atom. The van der Waals surface area contributed by atoms with E-state index in [9.17, 15) is 18.0 Å². The van der Waals surface area contributed by atoms with Crippen molar-refractivity contribution >= 4 is 27.7 Å². The summed E-state index contributed by atoms with van der Waals surface area (Å²) in [5, 5.41) is 0.